The van der Waals surface area contributed by atoms with Crippen molar-refractivity contribution in [1.82, 2.24) is 35.4 Å². The van der Waals surface area contributed by atoms with Crippen LogP contribution in [0.4, 0.5) is 13.2 Å². The van der Waals surface area contributed by atoms with E-state index in [1.807, 2.05) is 6.08 Å². The number of aromatic nitrogens is 3. The number of carbonyl (C=O) groups excluding carboxylic acids is 4. The third kappa shape index (κ3) is 8.16. The zero-order chi connectivity index (χ0) is 39.3. The van der Waals surface area contributed by atoms with Crippen molar-refractivity contribution in [3.8, 4) is 5.88 Å². The molecule has 0 spiro atoms. The van der Waals surface area contributed by atoms with Crippen LogP contribution in [0.5, 0.6) is 5.88 Å². The summed E-state index contributed by atoms with van der Waals surface area (Å²) in [5.41, 5.74) is -2.65. The van der Waals surface area contributed by atoms with Crippen molar-refractivity contribution < 1.29 is 50.0 Å². The molecule has 3 fully saturated rings. The van der Waals surface area contributed by atoms with Crippen molar-refractivity contribution in [2.45, 2.75) is 107 Å². The molecule has 2 aliphatic heterocycles. The normalized spacial score (nSPS) is 26.9. The molecule has 4 aliphatic rings. The minimum Gasteiger partial charge on any atom is -0.471 e. The van der Waals surface area contributed by atoms with Gasteiger partial charge in [0.25, 0.3) is 17.7 Å². The number of allylic oxidation sites excluding steroid dienone is 1. The number of aryl methyl sites for hydroxylation is 1. The zero-order valence-electron chi connectivity index (χ0n) is 30.0. The molecular weight excluding hydrogens is 747 g/mol. The van der Waals surface area contributed by atoms with E-state index in [0.717, 1.165) is 17.0 Å². The first kappa shape index (κ1) is 38.2. The Labute approximate surface area is 313 Å². The number of hydrogen-bond donors (Lipinski definition) is 3. The molecule has 2 aliphatic carbocycles. The Balaban J connectivity index is 1.22. The molecule has 0 radical (unpaired) electrons. The lowest BCUT2D eigenvalue weighted by atomic mass is 10.0. The summed E-state index contributed by atoms with van der Waals surface area (Å²) in [4.78, 5) is 65.0. The third-order valence-corrected chi connectivity index (χ3v) is 12.1. The summed E-state index contributed by atoms with van der Waals surface area (Å²) < 4.78 is 82.7. The molecule has 5 atom stereocenters. The van der Waals surface area contributed by atoms with Crippen LogP contribution in [0.1, 0.15) is 86.7 Å². The predicted molar refractivity (Wildman–Crippen MR) is 187 cm³/mol. The van der Waals surface area contributed by atoms with Crippen molar-refractivity contribution in [1.29, 1.82) is 0 Å². The van der Waals surface area contributed by atoms with Crippen molar-refractivity contribution in [2.24, 2.45) is 5.92 Å². The zero-order valence-corrected chi connectivity index (χ0v) is 30.8. The van der Waals surface area contributed by atoms with Gasteiger partial charge in [0.2, 0.25) is 27.7 Å². The SMILES string of the molecule is Cc1cc(C(=O)N[C@H]2CCCCC/C=C\[C@@H]3C[C@@]3(C(=O)NS(=O)(=O)C3CC3)NC(=O)[C@@H]3C[C@@H](Oc4nc5cc(F)ccc5nc4C(C)(F)F)CN3C2=O)no1. The summed E-state index contributed by atoms with van der Waals surface area (Å²) in [6, 6.07) is 2.10. The molecule has 1 aromatic carbocycles. The quantitative estimate of drug-likeness (QED) is 0.283. The van der Waals surface area contributed by atoms with Crippen molar-refractivity contribution in [3.63, 3.8) is 0 Å². The first-order valence-corrected chi connectivity index (χ1v) is 19.7. The molecule has 2 aromatic heterocycles. The smallest absolute Gasteiger partial charge is 0.292 e. The van der Waals surface area contributed by atoms with Gasteiger partial charge in [-0.3, -0.25) is 23.9 Å². The fraction of sp³-hybridized carbons (Fsp3) is 0.528. The molecule has 2 saturated carbocycles. The van der Waals surface area contributed by atoms with Gasteiger partial charge in [-0.15, -0.1) is 0 Å². The van der Waals surface area contributed by atoms with E-state index in [2.05, 4.69) is 30.5 Å². The van der Waals surface area contributed by atoms with E-state index in [-0.39, 0.29) is 42.5 Å². The molecule has 4 heterocycles. The first-order valence-electron chi connectivity index (χ1n) is 18.2. The van der Waals surface area contributed by atoms with E-state index in [1.54, 1.807) is 13.0 Å². The van der Waals surface area contributed by atoms with Crippen LogP contribution in [0.25, 0.3) is 11.0 Å². The van der Waals surface area contributed by atoms with Gasteiger partial charge >= 0.3 is 0 Å². The summed E-state index contributed by atoms with van der Waals surface area (Å²) in [5.74, 6) is -8.20. The average Bonchev–Trinajstić information content (AvgIpc) is 4.01. The maximum absolute atomic E-state index is 14.9. The highest BCUT2D eigenvalue weighted by atomic mass is 32.2. The molecule has 0 bridgehead atoms. The third-order valence-electron chi connectivity index (χ3n) is 10.3. The Kier molecular flexibility index (Phi) is 10.1. The number of halogens is 3. The van der Waals surface area contributed by atoms with Gasteiger partial charge in [-0.2, -0.15) is 8.78 Å². The minimum atomic E-state index is -3.98. The summed E-state index contributed by atoms with van der Waals surface area (Å²) in [6.07, 6.45) is 5.74. The first-order chi connectivity index (χ1) is 26.0. The lowest BCUT2D eigenvalue weighted by Gasteiger charge is -2.29. The topological polar surface area (TPSA) is 203 Å². The number of nitrogens with one attached hydrogen (secondary N) is 3. The van der Waals surface area contributed by atoms with Crippen LogP contribution in [-0.2, 0) is 30.3 Å². The Hall–Kier alpha value is -5.07. The number of carbonyl (C=O) groups is 4. The number of fused-ring (bicyclic) bond motifs is 3. The molecule has 3 N–H and O–H groups in total. The number of amides is 4. The van der Waals surface area contributed by atoms with E-state index in [1.165, 1.54) is 12.1 Å². The van der Waals surface area contributed by atoms with Crippen LogP contribution < -0.4 is 20.1 Å². The molecule has 3 aromatic rings. The number of nitrogens with zero attached hydrogens (tertiary/aromatic N) is 4. The number of rotatable bonds is 8. The Morgan fingerprint density at radius 2 is 1.87 bits per heavy atom. The van der Waals surface area contributed by atoms with Crippen molar-refractivity contribution in [2.75, 3.05) is 6.54 Å². The Morgan fingerprint density at radius 1 is 1.09 bits per heavy atom. The minimum absolute atomic E-state index is 0.0138. The van der Waals surface area contributed by atoms with E-state index in [4.69, 9.17) is 9.26 Å². The lowest BCUT2D eigenvalue weighted by molar-refractivity contribution is -0.141. The van der Waals surface area contributed by atoms with Gasteiger partial charge in [0.1, 0.15) is 35.3 Å². The number of sulfonamides is 1. The van der Waals surface area contributed by atoms with Crippen LogP contribution in [0.15, 0.2) is 40.9 Å². The van der Waals surface area contributed by atoms with Crippen molar-refractivity contribution in [3.05, 3.63) is 59.4 Å². The average molecular weight is 788 g/mol. The second-order valence-corrected chi connectivity index (χ2v) is 16.7. The highest BCUT2D eigenvalue weighted by molar-refractivity contribution is 7.91. The fourth-order valence-electron chi connectivity index (χ4n) is 7.09. The summed E-state index contributed by atoms with van der Waals surface area (Å²) in [5, 5.41) is 8.45. The molecule has 19 heteroatoms. The van der Waals surface area contributed by atoms with Gasteiger partial charge in [-0.25, -0.2) is 22.8 Å². The van der Waals surface area contributed by atoms with Crippen LogP contribution in [0.3, 0.4) is 0 Å². The molecule has 4 amide bonds. The maximum Gasteiger partial charge on any atom is 0.292 e. The number of alkyl halides is 2. The highest BCUT2D eigenvalue weighted by Gasteiger charge is 2.62. The number of hydrogen-bond acceptors (Lipinski definition) is 11. The number of benzene rings is 1. The lowest BCUT2D eigenvalue weighted by Crippen LogP contribution is -2.58. The van der Waals surface area contributed by atoms with Crippen molar-refractivity contribution >= 4 is 44.7 Å². The summed E-state index contributed by atoms with van der Waals surface area (Å²) in [7, 11) is -3.98. The monoisotopic (exact) mass is 787 g/mol. The van der Waals surface area contributed by atoms with Gasteiger partial charge in [0, 0.05) is 31.4 Å². The van der Waals surface area contributed by atoms with E-state index >= 15 is 0 Å². The molecule has 7 rings (SSSR count). The van der Waals surface area contributed by atoms with Gasteiger partial charge in [0.15, 0.2) is 11.4 Å². The number of ether oxygens (including phenoxy) is 1. The summed E-state index contributed by atoms with van der Waals surface area (Å²) in [6.45, 7) is 1.84. The van der Waals surface area contributed by atoms with Crippen LogP contribution in [0, 0.1) is 18.7 Å². The molecular formula is C36H40F3N7O8S. The standard InChI is InChI=1S/C36H40F3N7O8S/c1-19-14-27(44-54-19)30(47)41-25-9-7-5-3-4-6-8-20-17-36(20,34(50)45-55(51,52)23-11-12-23)43-31(48)28-16-22(18-46(28)33(25)49)53-32-29(35(2,38)39)40-24-13-10-21(37)15-26(24)42-32/h6,8,10,13-15,20,22-23,25,28H,3-5,7,9,11-12,16-18H2,1-2H3,(H,41,47)(H,43,48)(H,45,50)/b8-6-/t20-,22-,25+,28+,36-/m1/s1. The van der Waals surface area contributed by atoms with Crippen LogP contribution in [-0.4, -0.2) is 87.6 Å². The molecule has 294 valence electrons. The Morgan fingerprint density at radius 3 is 2.58 bits per heavy atom. The van der Waals surface area contributed by atoms with E-state index in [0.29, 0.717) is 51.2 Å². The molecule has 15 nitrogen and oxygen atoms in total. The van der Waals surface area contributed by atoms with Gasteiger partial charge < -0.3 is 24.8 Å². The van der Waals surface area contributed by atoms with Gasteiger partial charge in [-0.1, -0.05) is 30.2 Å². The van der Waals surface area contributed by atoms with E-state index in [9.17, 15) is 40.8 Å². The van der Waals surface area contributed by atoms with Crippen LogP contribution in [0.2, 0.25) is 0 Å². The molecule has 55 heavy (non-hydrogen) atoms. The fourth-order valence-corrected chi connectivity index (χ4v) is 8.45. The molecule has 0 unspecified atom stereocenters. The predicted octanol–water partition coefficient (Wildman–Crippen LogP) is 3.33. The van der Waals surface area contributed by atoms with Gasteiger partial charge in [0.05, 0.1) is 22.8 Å². The molecule has 1 saturated heterocycles. The Bertz CT molecular complexity index is 2170. The van der Waals surface area contributed by atoms with Gasteiger partial charge in [-0.05, 0) is 57.6 Å². The summed E-state index contributed by atoms with van der Waals surface area (Å²) >= 11 is 0. The van der Waals surface area contributed by atoms with Crippen LogP contribution >= 0.6 is 0 Å². The second-order valence-electron chi connectivity index (χ2n) is 14.7. The maximum atomic E-state index is 14.9. The largest absolute Gasteiger partial charge is 0.471 e. The highest BCUT2D eigenvalue weighted by Crippen LogP contribution is 2.46. The van der Waals surface area contributed by atoms with E-state index < -0.39 is 91.9 Å². The second kappa shape index (κ2) is 14.5.